The van der Waals surface area contributed by atoms with E-state index in [0.717, 1.165) is 18.5 Å². The van der Waals surface area contributed by atoms with Crippen molar-refractivity contribution in [1.82, 2.24) is 0 Å². The number of para-hydroxylation sites is 1. The summed E-state index contributed by atoms with van der Waals surface area (Å²) < 4.78 is 0. The first-order valence-electron chi connectivity index (χ1n) is 7.43. The second-order valence-electron chi connectivity index (χ2n) is 5.73. The third-order valence-electron chi connectivity index (χ3n) is 4.23. The SMILES string of the molecule is CC1Cc2ccccc2N1CCC(O)c1cccc(Cl)c1. The van der Waals surface area contributed by atoms with Crippen molar-refractivity contribution in [2.45, 2.75) is 31.9 Å². The van der Waals surface area contributed by atoms with Gasteiger partial charge in [0.15, 0.2) is 0 Å². The molecule has 1 aliphatic rings. The Bertz CT molecular complexity index is 628. The van der Waals surface area contributed by atoms with Crippen LogP contribution in [0.15, 0.2) is 48.5 Å². The Labute approximate surface area is 131 Å². The van der Waals surface area contributed by atoms with Gasteiger partial charge in [-0.25, -0.2) is 0 Å². The molecule has 0 aliphatic carbocycles. The highest BCUT2D eigenvalue weighted by Crippen LogP contribution is 2.32. The first-order valence-corrected chi connectivity index (χ1v) is 7.81. The normalized spacial score (nSPS) is 18.6. The van der Waals surface area contributed by atoms with Gasteiger partial charge in [0.2, 0.25) is 0 Å². The van der Waals surface area contributed by atoms with E-state index in [1.165, 1.54) is 11.3 Å². The fraction of sp³-hybridized carbons (Fsp3) is 0.333. The number of fused-ring (bicyclic) bond motifs is 1. The number of aliphatic hydroxyl groups is 1. The van der Waals surface area contributed by atoms with E-state index in [-0.39, 0.29) is 0 Å². The summed E-state index contributed by atoms with van der Waals surface area (Å²) in [6.07, 6.45) is 1.33. The Morgan fingerprint density at radius 1 is 1.24 bits per heavy atom. The molecular weight excluding hydrogens is 282 g/mol. The fourth-order valence-corrected chi connectivity index (χ4v) is 3.31. The van der Waals surface area contributed by atoms with Crippen molar-refractivity contribution in [3.8, 4) is 0 Å². The molecule has 0 saturated heterocycles. The molecule has 2 atom stereocenters. The molecule has 2 aromatic rings. The lowest BCUT2D eigenvalue weighted by molar-refractivity contribution is 0.169. The van der Waals surface area contributed by atoms with E-state index in [0.29, 0.717) is 17.5 Å². The minimum absolute atomic E-state index is 0.469. The molecule has 0 radical (unpaired) electrons. The average molecular weight is 302 g/mol. The third-order valence-corrected chi connectivity index (χ3v) is 4.46. The lowest BCUT2D eigenvalue weighted by atomic mass is 10.1. The van der Waals surface area contributed by atoms with Crippen molar-refractivity contribution in [1.29, 1.82) is 0 Å². The fourth-order valence-electron chi connectivity index (χ4n) is 3.11. The van der Waals surface area contributed by atoms with Gasteiger partial charge < -0.3 is 10.0 Å². The molecule has 0 fully saturated rings. The number of benzene rings is 2. The zero-order valence-corrected chi connectivity index (χ0v) is 12.9. The maximum absolute atomic E-state index is 10.4. The van der Waals surface area contributed by atoms with Gasteiger partial charge in [-0.3, -0.25) is 0 Å². The highest BCUT2D eigenvalue weighted by molar-refractivity contribution is 6.30. The summed E-state index contributed by atoms with van der Waals surface area (Å²) in [5.41, 5.74) is 3.60. The Hall–Kier alpha value is -1.51. The predicted molar refractivity (Wildman–Crippen MR) is 88.0 cm³/mol. The summed E-state index contributed by atoms with van der Waals surface area (Å²) in [4.78, 5) is 2.39. The first kappa shape index (κ1) is 14.4. The van der Waals surface area contributed by atoms with Crippen LogP contribution in [0, 0.1) is 0 Å². The van der Waals surface area contributed by atoms with Gasteiger partial charge in [0.05, 0.1) is 6.10 Å². The highest BCUT2D eigenvalue weighted by Gasteiger charge is 2.25. The Morgan fingerprint density at radius 2 is 2.05 bits per heavy atom. The maximum atomic E-state index is 10.4. The summed E-state index contributed by atoms with van der Waals surface area (Å²) in [6, 6.07) is 16.5. The molecule has 2 nitrogen and oxygen atoms in total. The van der Waals surface area contributed by atoms with Crippen LogP contribution >= 0.6 is 11.6 Å². The monoisotopic (exact) mass is 301 g/mol. The van der Waals surface area contributed by atoms with Crippen LogP contribution in [-0.4, -0.2) is 17.7 Å². The van der Waals surface area contributed by atoms with Gasteiger partial charge in [-0.15, -0.1) is 0 Å². The molecule has 0 amide bonds. The number of anilines is 1. The summed E-state index contributed by atoms with van der Waals surface area (Å²) in [6.45, 7) is 3.09. The molecule has 0 aromatic heterocycles. The Balaban J connectivity index is 1.68. The second-order valence-corrected chi connectivity index (χ2v) is 6.17. The molecule has 1 aliphatic heterocycles. The topological polar surface area (TPSA) is 23.5 Å². The zero-order chi connectivity index (χ0) is 14.8. The average Bonchev–Trinajstić information content (AvgIpc) is 2.80. The summed E-state index contributed by atoms with van der Waals surface area (Å²) >= 11 is 5.98. The van der Waals surface area contributed by atoms with E-state index in [1.807, 2.05) is 24.3 Å². The lowest BCUT2D eigenvalue weighted by Gasteiger charge is -2.26. The van der Waals surface area contributed by atoms with Gasteiger partial charge in [-0.05, 0) is 49.1 Å². The predicted octanol–water partition coefficient (Wildman–Crippen LogP) is 4.21. The van der Waals surface area contributed by atoms with Crippen LogP contribution in [0.1, 0.15) is 30.6 Å². The van der Waals surface area contributed by atoms with Crippen LogP contribution in [0.4, 0.5) is 5.69 Å². The van der Waals surface area contributed by atoms with E-state index in [4.69, 9.17) is 11.6 Å². The van der Waals surface area contributed by atoms with Crippen molar-refractivity contribution in [3.05, 3.63) is 64.7 Å². The van der Waals surface area contributed by atoms with Gasteiger partial charge in [-0.1, -0.05) is 41.9 Å². The summed E-state index contributed by atoms with van der Waals surface area (Å²) in [5, 5.41) is 11.0. The van der Waals surface area contributed by atoms with Crippen molar-refractivity contribution in [3.63, 3.8) is 0 Å². The molecule has 21 heavy (non-hydrogen) atoms. The molecule has 0 saturated carbocycles. The largest absolute Gasteiger partial charge is 0.388 e. The van der Waals surface area contributed by atoms with Crippen molar-refractivity contribution in [2.75, 3.05) is 11.4 Å². The molecule has 110 valence electrons. The molecule has 0 spiro atoms. The quantitative estimate of drug-likeness (QED) is 0.914. The zero-order valence-electron chi connectivity index (χ0n) is 12.2. The van der Waals surface area contributed by atoms with Crippen LogP contribution in [0.25, 0.3) is 0 Å². The minimum atomic E-state index is -0.469. The van der Waals surface area contributed by atoms with E-state index in [2.05, 4.69) is 36.1 Å². The van der Waals surface area contributed by atoms with Gasteiger partial charge in [0.25, 0.3) is 0 Å². The number of nitrogens with zero attached hydrogens (tertiary/aromatic N) is 1. The van der Waals surface area contributed by atoms with Crippen molar-refractivity contribution < 1.29 is 5.11 Å². The van der Waals surface area contributed by atoms with E-state index >= 15 is 0 Å². The first-order chi connectivity index (χ1) is 10.1. The van der Waals surface area contributed by atoms with E-state index in [9.17, 15) is 5.11 Å². The van der Waals surface area contributed by atoms with Crippen LogP contribution < -0.4 is 4.90 Å². The van der Waals surface area contributed by atoms with Crippen molar-refractivity contribution in [2.24, 2.45) is 0 Å². The Kier molecular flexibility index (Phi) is 4.18. The number of halogens is 1. The van der Waals surface area contributed by atoms with Gasteiger partial charge in [-0.2, -0.15) is 0 Å². The second kappa shape index (κ2) is 6.08. The molecule has 1 heterocycles. The van der Waals surface area contributed by atoms with Gasteiger partial charge >= 0.3 is 0 Å². The highest BCUT2D eigenvalue weighted by atomic mass is 35.5. The van der Waals surface area contributed by atoms with Crippen molar-refractivity contribution >= 4 is 17.3 Å². The molecular formula is C18H20ClNO. The van der Waals surface area contributed by atoms with Crippen LogP contribution in [-0.2, 0) is 6.42 Å². The number of hydrogen-bond acceptors (Lipinski definition) is 2. The van der Waals surface area contributed by atoms with Crippen LogP contribution in [0.2, 0.25) is 5.02 Å². The summed E-state index contributed by atoms with van der Waals surface area (Å²) in [7, 11) is 0. The molecule has 0 bridgehead atoms. The number of aliphatic hydroxyl groups excluding tert-OH is 1. The van der Waals surface area contributed by atoms with Crippen LogP contribution in [0.5, 0.6) is 0 Å². The maximum Gasteiger partial charge on any atom is 0.0807 e. The van der Waals surface area contributed by atoms with E-state index in [1.54, 1.807) is 0 Å². The molecule has 3 rings (SSSR count). The Morgan fingerprint density at radius 3 is 2.86 bits per heavy atom. The van der Waals surface area contributed by atoms with Crippen LogP contribution in [0.3, 0.4) is 0 Å². The third kappa shape index (κ3) is 3.07. The molecule has 1 N–H and O–H groups in total. The smallest absolute Gasteiger partial charge is 0.0807 e. The molecule has 3 heteroatoms. The molecule has 2 aromatic carbocycles. The lowest BCUT2D eigenvalue weighted by Crippen LogP contribution is -2.31. The van der Waals surface area contributed by atoms with Gasteiger partial charge in [0.1, 0.15) is 0 Å². The standard InChI is InChI=1S/C18H20ClNO/c1-13-11-14-5-2-3-8-17(14)20(13)10-9-18(21)15-6-4-7-16(19)12-15/h2-8,12-13,18,21H,9-11H2,1H3. The molecule has 2 unspecified atom stereocenters. The number of hydrogen-bond donors (Lipinski definition) is 1. The van der Waals surface area contributed by atoms with Gasteiger partial charge in [0, 0.05) is 23.3 Å². The number of rotatable bonds is 4. The van der Waals surface area contributed by atoms with E-state index < -0.39 is 6.10 Å². The summed E-state index contributed by atoms with van der Waals surface area (Å²) in [5.74, 6) is 0. The minimum Gasteiger partial charge on any atom is -0.388 e.